The molecule has 0 bridgehead atoms. The Balaban J connectivity index is 1.28. The molecule has 0 radical (unpaired) electrons. The monoisotopic (exact) mass is 581 g/mol. The molecule has 1 N–H and O–H groups in total. The molecule has 0 atom stereocenters. The summed E-state index contributed by atoms with van der Waals surface area (Å²) in [5.74, 6) is 0.848. The molecule has 2 aliphatic rings. The van der Waals surface area contributed by atoms with Gasteiger partial charge in [0.1, 0.15) is 5.82 Å². The summed E-state index contributed by atoms with van der Waals surface area (Å²) in [6.07, 6.45) is 8.03. The topological polar surface area (TPSA) is 85.8 Å². The first kappa shape index (κ1) is 29.1. The van der Waals surface area contributed by atoms with Crippen LogP contribution in [0.4, 0.5) is 5.82 Å². The van der Waals surface area contributed by atoms with Gasteiger partial charge in [0, 0.05) is 50.0 Å². The molecule has 1 amide bonds. The second-order valence-electron chi connectivity index (χ2n) is 10.2. The third-order valence-corrected chi connectivity index (χ3v) is 9.70. The Labute approximate surface area is 236 Å². The maximum atomic E-state index is 13.4. The first-order chi connectivity index (χ1) is 18.1. The molecule has 0 aliphatic carbocycles. The molecule has 11 heteroatoms. The Hall–Kier alpha value is -1.91. The van der Waals surface area contributed by atoms with E-state index in [4.69, 9.17) is 23.2 Å². The van der Waals surface area contributed by atoms with Crippen molar-refractivity contribution in [1.82, 2.24) is 19.1 Å². The van der Waals surface area contributed by atoms with Crippen LogP contribution in [0.5, 0.6) is 0 Å². The predicted octanol–water partition coefficient (Wildman–Crippen LogP) is 4.18. The molecule has 0 spiro atoms. The number of sulfonamides is 1. The lowest BCUT2D eigenvalue weighted by Crippen LogP contribution is -2.45. The summed E-state index contributed by atoms with van der Waals surface area (Å²) in [6.45, 7) is 4.79. The van der Waals surface area contributed by atoms with E-state index in [0.717, 1.165) is 87.2 Å². The number of carbonyl (C=O) groups excluding carboxylic acids is 1. The van der Waals surface area contributed by atoms with Gasteiger partial charge in [0.15, 0.2) is 0 Å². The van der Waals surface area contributed by atoms with Gasteiger partial charge in [0.25, 0.3) is 5.91 Å². The highest BCUT2D eigenvalue weighted by Crippen LogP contribution is 2.26. The maximum absolute atomic E-state index is 13.4. The molecule has 2 aromatic rings. The smallest absolute Gasteiger partial charge is 0.254 e. The fraction of sp³-hybridized carbons (Fsp3) is 0.556. The highest BCUT2D eigenvalue weighted by atomic mass is 35.5. The van der Waals surface area contributed by atoms with E-state index in [2.05, 4.69) is 15.2 Å². The normalized spacial score (nSPS) is 17.5. The van der Waals surface area contributed by atoms with E-state index < -0.39 is 10.0 Å². The van der Waals surface area contributed by atoms with Crippen LogP contribution in [0.1, 0.15) is 47.2 Å². The number of nitrogens with one attached hydrogen (secondary N) is 1. The Morgan fingerprint density at radius 1 is 1.11 bits per heavy atom. The van der Waals surface area contributed by atoms with E-state index in [-0.39, 0.29) is 11.9 Å². The fourth-order valence-corrected chi connectivity index (χ4v) is 6.39. The lowest BCUT2D eigenvalue weighted by atomic mass is 10.0. The van der Waals surface area contributed by atoms with E-state index in [0.29, 0.717) is 23.1 Å². The number of rotatable bonds is 10. The molecule has 8 nitrogen and oxygen atoms in total. The van der Waals surface area contributed by atoms with Gasteiger partial charge in [0.2, 0.25) is 10.0 Å². The average Bonchev–Trinajstić information content (AvgIpc) is 3.05. The first-order valence-corrected chi connectivity index (χ1v) is 15.8. The van der Waals surface area contributed by atoms with E-state index in [9.17, 15) is 13.2 Å². The number of nitrogens with zero attached hydrogens (tertiary/aromatic N) is 4. The van der Waals surface area contributed by atoms with Crippen LogP contribution in [0, 0.1) is 0 Å². The molecule has 1 aromatic heterocycles. The van der Waals surface area contributed by atoms with Gasteiger partial charge in [0.05, 0.1) is 16.3 Å². The van der Waals surface area contributed by atoms with Crippen molar-refractivity contribution in [2.75, 3.05) is 57.9 Å². The highest BCUT2D eigenvalue weighted by molar-refractivity contribution is 7.88. The van der Waals surface area contributed by atoms with Crippen LogP contribution in [0.15, 0.2) is 30.5 Å². The molecule has 208 valence electrons. The third kappa shape index (κ3) is 7.39. The largest absolute Gasteiger partial charge is 0.369 e. The van der Waals surface area contributed by atoms with Gasteiger partial charge < -0.3 is 15.1 Å². The second-order valence-corrected chi connectivity index (χ2v) is 13.1. The number of piperidine rings is 1. The second kappa shape index (κ2) is 13.0. The SMILES string of the molecule is CN(C1CCN(CCCN2CCCc3c(ccnc3NCCc3ccc(Cl)c(Cl)c3)C2=O)CC1)S(C)(=O)=O. The Bertz CT molecular complexity index is 1240. The van der Waals surface area contributed by atoms with Crippen molar-refractivity contribution in [3.05, 3.63) is 57.2 Å². The van der Waals surface area contributed by atoms with Crippen molar-refractivity contribution >= 4 is 45.0 Å². The summed E-state index contributed by atoms with van der Waals surface area (Å²) in [5.41, 5.74) is 2.81. The molecule has 0 unspecified atom stereocenters. The number of likely N-dealkylation sites (tertiary alicyclic amines) is 1. The van der Waals surface area contributed by atoms with E-state index in [1.807, 2.05) is 23.1 Å². The minimum absolute atomic E-state index is 0.0703. The molecule has 1 fully saturated rings. The Morgan fingerprint density at radius 3 is 2.58 bits per heavy atom. The number of anilines is 1. The third-order valence-electron chi connectivity index (χ3n) is 7.62. The molecular formula is C27H37Cl2N5O3S. The van der Waals surface area contributed by atoms with Crippen molar-refractivity contribution in [3.63, 3.8) is 0 Å². The summed E-state index contributed by atoms with van der Waals surface area (Å²) in [6, 6.07) is 7.56. The Kier molecular flexibility index (Phi) is 9.92. The number of fused-ring (bicyclic) bond motifs is 1. The zero-order chi connectivity index (χ0) is 27.3. The number of pyridine rings is 1. The number of carbonyl (C=O) groups is 1. The van der Waals surface area contributed by atoms with Gasteiger partial charge in [-0.25, -0.2) is 17.7 Å². The van der Waals surface area contributed by atoms with Crippen LogP contribution >= 0.6 is 23.2 Å². The summed E-state index contributed by atoms with van der Waals surface area (Å²) >= 11 is 12.1. The minimum Gasteiger partial charge on any atom is -0.369 e. The number of hydrogen-bond donors (Lipinski definition) is 1. The van der Waals surface area contributed by atoms with Gasteiger partial charge in [-0.2, -0.15) is 0 Å². The minimum atomic E-state index is -3.16. The van der Waals surface area contributed by atoms with E-state index in [1.54, 1.807) is 19.3 Å². The van der Waals surface area contributed by atoms with E-state index >= 15 is 0 Å². The summed E-state index contributed by atoms with van der Waals surface area (Å²) in [5, 5.41) is 4.51. The number of halogens is 2. The first-order valence-electron chi connectivity index (χ1n) is 13.2. The van der Waals surface area contributed by atoms with Gasteiger partial charge in [-0.05, 0) is 81.9 Å². The summed E-state index contributed by atoms with van der Waals surface area (Å²) in [7, 11) is -1.49. The van der Waals surface area contributed by atoms with Crippen LogP contribution < -0.4 is 5.32 Å². The molecule has 2 aliphatic heterocycles. The zero-order valence-corrected chi connectivity index (χ0v) is 24.5. The van der Waals surface area contributed by atoms with Crippen LogP contribution in [0.25, 0.3) is 0 Å². The molecule has 1 aromatic carbocycles. The Morgan fingerprint density at radius 2 is 1.87 bits per heavy atom. The molecular weight excluding hydrogens is 545 g/mol. The van der Waals surface area contributed by atoms with Crippen LogP contribution in [-0.2, 0) is 22.9 Å². The number of amides is 1. The van der Waals surface area contributed by atoms with Crippen molar-refractivity contribution in [3.8, 4) is 0 Å². The predicted molar refractivity (Wildman–Crippen MR) is 154 cm³/mol. The quantitative estimate of drug-likeness (QED) is 0.453. The van der Waals surface area contributed by atoms with Crippen molar-refractivity contribution in [2.45, 2.75) is 44.6 Å². The van der Waals surface area contributed by atoms with Crippen molar-refractivity contribution in [1.29, 1.82) is 0 Å². The molecule has 0 saturated carbocycles. The van der Waals surface area contributed by atoms with Gasteiger partial charge in [-0.3, -0.25) is 4.79 Å². The average molecular weight is 583 g/mol. The number of benzene rings is 1. The van der Waals surface area contributed by atoms with Crippen molar-refractivity contribution in [2.24, 2.45) is 0 Å². The van der Waals surface area contributed by atoms with Crippen LogP contribution in [0.3, 0.4) is 0 Å². The summed E-state index contributed by atoms with van der Waals surface area (Å²) in [4.78, 5) is 22.3. The maximum Gasteiger partial charge on any atom is 0.254 e. The van der Waals surface area contributed by atoms with Crippen LogP contribution in [-0.4, -0.2) is 92.0 Å². The standard InChI is InChI=1S/C27H37Cl2N5O3S/c1-32(38(2,36)37)21-10-17-33(18-11-21)14-4-16-34-15-3-5-22-23(27(34)35)9-13-31-26(22)30-12-8-20-6-7-24(28)25(29)19-20/h6-7,9,13,19,21H,3-5,8,10-12,14-18H2,1-2H3,(H,30,31). The fourth-order valence-electron chi connectivity index (χ4n) is 5.31. The van der Waals surface area contributed by atoms with Gasteiger partial charge >= 0.3 is 0 Å². The lowest BCUT2D eigenvalue weighted by molar-refractivity contribution is 0.0749. The zero-order valence-electron chi connectivity index (χ0n) is 22.1. The highest BCUT2D eigenvalue weighted by Gasteiger charge is 2.28. The molecule has 3 heterocycles. The molecule has 4 rings (SSSR count). The number of aromatic nitrogens is 1. The molecule has 38 heavy (non-hydrogen) atoms. The van der Waals surface area contributed by atoms with Crippen molar-refractivity contribution < 1.29 is 13.2 Å². The van der Waals surface area contributed by atoms with Gasteiger partial charge in [-0.1, -0.05) is 29.3 Å². The van der Waals surface area contributed by atoms with Crippen LogP contribution in [0.2, 0.25) is 10.0 Å². The lowest BCUT2D eigenvalue weighted by Gasteiger charge is -2.36. The summed E-state index contributed by atoms with van der Waals surface area (Å²) < 4.78 is 25.1. The molecule has 1 saturated heterocycles. The van der Waals surface area contributed by atoms with Gasteiger partial charge in [-0.15, -0.1) is 0 Å². The number of hydrogen-bond acceptors (Lipinski definition) is 6. The van der Waals surface area contributed by atoms with E-state index in [1.165, 1.54) is 10.6 Å².